The molecule has 5 rings (SSSR count). The Hall–Kier alpha value is -2.62. The smallest absolute Gasteiger partial charge is 0.257 e. The number of rotatable bonds is 7. The minimum Gasteiger partial charge on any atom is -0.385 e. The van der Waals surface area contributed by atoms with Crippen molar-refractivity contribution < 1.29 is 19.0 Å². The number of piperidine rings is 1. The van der Waals surface area contributed by atoms with Crippen molar-refractivity contribution in [2.45, 2.75) is 44.1 Å². The van der Waals surface area contributed by atoms with Gasteiger partial charge in [-0.2, -0.15) is 0 Å². The second kappa shape index (κ2) is 10.5. The Morgan fingerprint density at radius 3 is 2.42 bits per heavy atom. The number of nitrogens with zero attached hydrogens (tertiary/aromatic N) is 3. The van der Waals surface area contributed by atoms with Gasteiger partial charge in [0.1, 0.15) is 11.6 Å². The van der Waals surface area contributed by atoms with E-state index in [2.05, 4.69) is 15.3 Å². The van der Waals surface area contributed by atoms with Gasteiger partial charge in [-0.3, -0.25) is 9.69 Å². The van der Waals surface area contributed by atoms with Gasteiger partial charge in [0.25, 0.3) is 5.91 Å². The van der Waals surface area contributed by atoms with E-state index < -0.39 is 23.1 Å². The monoisotopic (exact) mass is 558 g/mol. The SMILES string of the molecule is CCC(O)(c1cc(F)c2c(c1)C(=O)N(Cc1ncc(Cl)cn1)C2(OC)c1ccc(Cl)cc1)C1CCNCC1. The van der Waals surface area contributed by atoms with Gasteiger partial charge in [0.15, 0.2) is 5.72 Å². The largest absolute Gasteiger partial charge is 0.385 e. The van der Waals surface area contributed by atoms with Crippen LogP contribution in [-0.4, -0.2) is 46.1 Å². The van der Waals surface area contributed by atoms with E-state index in [9.17, 15) is 9.90 Å². The number of hydrogen-bond acceptors (Lipinski definition) is 6. The molecule has 2 aliphatic heterocycles. The van der Waals surface area contributed by atoms with Crippen molar-refractivity contribution in [3.05, 3.63) is 92.7 Å². The highest BCUT2D eigenvalue weighted by molar-refractivity contribution is 6.30. The minimum atomic E-state index is -1.61. The molecule has 0 aliphatic carbocycles. The van der Waals surface area contributed by atoms with Gasteiger partial charge >= 0.3 is 0 Å². The zero-order valence-corrected chi connectivity index (χ0v) is 22.7. The molecular weight excluding hydrogens is 530 g/mol. The first-order valence-electron chi connectivity index (χ1n) is 12.6. The standard InChI is InChI=1S/C28H29Cl2FN4O3/c1-3-27(37,17-8-10-32-11-9-17)19-12-22-25(23(31)13-19)28(38-2,18-4-6-20(29)7-5-18)35(26(22)36)16-24-33-14-21(30)15-34-24/h4-7,12-15,17,32,37H,3,8-11,16H2,1-2H3. The second-order valence-electron chi connectivity index (χ2n) is 9.75. The molecular formula is C28H29Cl2FN4O3. The van der Waals surface area contributed by atoms with Crippen molar-refractivity contribution in [3.8, 4) is 0 Å². The number of aliphatic hydroxyl groups is 1. The van der Waals surface area contributed by atoms with Crippen molar-refractivity contribution in [2.24, 2.45) is 5.92 Å². The summed E-state index contributed by atoms with van der Waals surface area (Å²) in [6, 6.07) is 9.71. The highest BCUT2D eigenvalue weighted by Gasteiger charge is 2.54. The molecule has 2 atom stereocenters. The first-order valence-corrected chi connectivity index (χ1v) is 13.4. The third-order valence-corrected chi connectivity index (χ3v) is 8.29. The molecule has 2 aliphatic rings. The predicted molar refractivity (Wildman–Crippen MR) is 142 cm³/mol. The van der Waals surface area contributed by atoms with Gasteiger partial charge in [-0.15, -0.1) is 0 Å². The Kier molecular flexibility index (Phi) is 7.46. The fourth-order valence-corrected chi connectivity index (χ4v) is 6.10. The molecule has 0 bridgehead atoms. The lowest BCUT2D eigenvalue weighted by Crippen LogP contribution is -2.46. The summed E-state index contributed by atoms with van der Waals surface area (Å²) in [5.74, 6) is -0.848. The van der Waals surface area contributed by atoms with Crippen molar-refractivity contribution >= 4 is 29.1 Å². The number of carbonyl (C=O) groups is 1. The summed E-state index contributed by atoms with van der Waals surface area (Å²) in [5.41, 5.74) is -1.77. The van der Waals surface area contributed by atoms with Crippen molar-refractivity contribution in [2.75, 3.05) is 20.2 Å². The van der Waals surface area contributed by atoms with Crippen molar-refractivity contribution in [1.82, 2.24) is 20.2 Å². The van der Waals surface area contributed by atoms with E-state index in [-0.39, 0.29) is 23.6 Å². The number of aromatic nitrogens is 2. The van der Waals surface area contributed by atoms with Crippen molar-refractivity contribution in [3.63, 3.8) is 0 Å². The van der Waals surface area contributed by atoms with Crippen LogP contribution in [0, 0.1) is 11.7 Å². The molecule has 1 aromatic heterocycles. The normalized spacial score (nSPS) is 21.4. The number of benzene rings is 2. The number of amides is 1. The number of nitrogens with one attached hydrogen (secondary N) is 1. The van der Waals surface area contributed by atoms with Crippen molar-refractivity contribution in [1.29, 1.82) is 0 Å². The fourth-order valence-electron chi connectivity index (χ4n) is 5.87. The van der Waals surface area contributed by atoms with Crippen LogP contribution in [0.15, 0.2) is 48.8 Å². The molecule has 0 saturated carbocycles. The van der Waals surface area contributed by atoms with Gasteiger partial charge in [0, 0.05) is 30.1 Å². The predicted octanol–water partition coefficient (Wildman–Crippen LogP) is 5.02. The van der Waals surface area contributed by atoms with E-state index in [0.29, 0.717) is 33.4 Å². The molecule has 0 spiro atoms. The molecule has 38 heavy (non-hydrogen) atoms. The average molecular weight is 559 g/mol. The van der Waals surface area contributed by atoms with Crippen LogP contribution in [0.5, 0.6) is 0 Å². The number of ether oxygens (including phenoxy) is 1. The van der Waals surface area contributed by atoms with Gasteiger partial charge in [0.2, 0.25) is 0 Å². The van der Waals surface area contributed by atoms with Crippen LogP contribution in [-0.2, 0) is 22.6 Å². The summed E-state index contributed by atoms with van der Waals surface area (Å²) in [4.78, 5) is 24.0. The Bertz CT molecular complexity index is 1340. The first-order chi connectivity index (χ1) is 18.2. The van der Waals surface area contributed by atoms with E-state index in [1.807, 2.05) is 6.92 Å². The summed E-state index contributed by atoms with van der Waals surface area (Å²) >= 11 is 12.1. The van der Waals surface area contributed by atoms with Gasteiger partial charge in [-0.1, -0.05) is 42.3 Å². The molecule has 0 radical (unpaired) electrons. The third kappa shape index (κ3) is 4.38. The van der Waals surface area contributed by atoms with Crippen LogP contribution in [0.3, 0.4) is 0 Å². The molecule has 200 valence electrons. The molecule has 1 saturated heterocycles. The quantitative estimate of drug-likeness (QED) is 0.423. The third-order valence-electron chi connectivity index (χ3n) is 7.84. The highest BCUT2D eigenvalue weighted by atomic mass is 35.5. The van der Waals surface area contributed by atoms with Crippen LogP contribution in [0.2, 0.25) is 10.0 Å². The Labute approximate surface area is 231 Å². The maximum absolute atomic E-state index is 16.3. The first kappa shape index (κ1) is 27.0. The number of halogens is 3. The summed E-state index contributed by atoms with van der Waals surface area (Å²) in [6.07, 6.45) is 4.77. The molecule has 3 heterocycles. The molecule has 10 heteroatoms. The van der Waals surface area contributed by atoms with E-state index >= 15 is 4.39 Å². The maximum atomic E-state index is 16.3. The molecule has 1 fully saturated rings. The fraction of sp³-hybridized carbons (Fsp3) is 0.393. The second-order valence-corrected chi connectivity index (χ2v) is 10.6. The van der Waals surface area contributed by atoms with E-state index in [4.69, 9.17) is 27.9 Å². The lowest BCUT2D eigenvalue weighted by molar-refractivity contribution is -0.0890. The van der Waals surface area contributed by atoms with Crippen LogP contribution in [0.1, 0.15) is 59.1 Å². The summed E-state index contributed by atoms with van der Waals surface area (Å²) in [5, 5.41) is 16.0. The Morgan fingerprint density at radius 2 is 1.82 bits per heavy atom. The zero-order chi connectivity index (χ0) is 27.1. The number of methoxy groups -OCH3 is 1. The summed E-state index contributed by atoms with van der Waals surface area (Å²) in [7, 11) is 1.43. The van der Waals surface area contributed by atoms with E-state index in [0.717, 1.165) is 25.9 Å². The minimum absolute atomic E-state index is 0.0651. The van der Waals surface area contributed by atoms with Crippen LogP contribution in [0.4, 0.5) is 4.39 Å². The average Bonchev–Trinajstić information content (AvgIpc) is 3.18. The Balaban J connectivity index is 1.69. The number of carbonyl (C=O) groups excluding carboxylic acids is 1. The van der Waals surface area contributed by atoms with Crippen LogP contribution < -0.4 is 5.32 Å². The molecule has 3 aromatic rings. The van der Waals surface area contributed by atoms with E-state index in [1.54, 1.807) is 30.3 Å². The lowest BCUT2D eigenvalue weighted by atomic mass is 9.74. The van der Waals surface area contributed by atoms with Gasteiger partial charge in [-0.05, 0) is 68.1 Å². The number of hydrogen-bond donors (Lipinski definition) is 2. The number of fused-ring (bicyclic) bond motifs is 1. The summed E-state index contributed by atoms with van der Waals surface area (Å²) in [6.45, 7) is 3.36. The summed E-state index contributed by atoms with van der Waals surface area (Å²) < 4.78 is 22.4. The molecule has 2 unspecified atom stereocenters. The topological polar surface area (TPSA) is 87.6 Å². The maximum Gasteiger partial charge on any atom is 0.257 e. The van der Waals surface area contributed by atoms with Gasteiger partial charge in [0.05, 0.1) is 28.3 Å². The highest BCUT2D eigenvalue weighted by Crippen LogP contribution is 2.49. The molecule has 7 nitrogen and oxygen atoms in total. The molecule has 2 aromatic carbocycles. The van der Waals surface area contributed by atoms with Gasteiger partial charge in [-0.25, -0.2) is 14.4 Å². The Morgan fingerprint density at radius 1 is 1.16 bits per heavy atom. The van der Waals surface area contributed by atoms with E-state index in [1.165, 1.54) is 30.5 Å². The van der Waals surface area contributed by atoms with Crippen LogP contribution >= 0.6 is 23.2 Å². The van der Waals surface area contributed by atoms with Crippen LogP contribution in [0.25, 0.3) is 0 Å². The zero-order valence-electron chi connectivity index (χ0n) is 21.2. The molecule has 2 N–H and O–H groups in total. The lowest BCUT2D eigenvalue weighted by Gasteiger charge is -2.39. The molecule has 1 amide bonds. The van der Waals surface area contributed by atoms with Gasteiger partial charge < -0.3 is 15.2 Å².